The number of ether oxygens (including phenoxy) is 1. The van der Waals surface area contributed by atoms with Gasteiger partial charge in [-0.1, -0.05) is 30.3 Å². The maximum absolute atomic E-state index is 8.75. The van der Waals surface area contributed by atoms with Gasteiger partial charge in [0.05, 0.1) is 11.6 Å². The Morgan fingerprint density at radius 1 is 1.16 bits per heavy atom. The fourth-order valence-corrected chi connectivity index (χ4v) is 1.91. The zero-order chi connectivity index (χ0) is 13.7. The lowest BCUT2D eigenvalue weighted by Crippen LogP contribution is -2.04. The molecule has 0 aliphatic rings. The summed E-state index contributed by atoms with van der Waals surface area (Å²) >= 11 is 0. The maximum Gasteiger partial charge on any atom is 0.127 e. The van der Waals surface area contributed by atoms with Crippen molar-refractivity contribution >= 4 is 0 Å². The molecule has 0 saturated heterocycles. The van der Waals surface area contributed by atoms with Gasteiger partial charge in [0.2, 0.25) is 0 Å². The Hall–Kier alpha value is -2.31. The Balaban J connectivity index is 2.12. The van der Waals surface area contributed by atoms with Crippen LogP contribution in [-0.4, -0.2) is 0 Å². The summed E-state index contributed by atoms with van der Waals surface area (Å²) in [5, 5.41) is 8.75. The van der Waals surface area contributed by atoms with E-state index in [2.05, 4.69) is 6.07 Å². The second-order valence-electron chi connectivity index (χ2n) is 4.36. The Morgan fingerprint density at radius 2 is 1.89 bits per heavy atom. The fourth-order valence-electron chi connectivity index (χ4n) is 1.91. The van der Waals surface area contributed by atoms with Crippen molar-refractivity contribution in [3.8, 4) is 11.8 Å². The third kappa shape index (κ3) is 3.12. The van der Waals surface area contributed by atoms with E-state index in [0.29, 0.717) is 18.7 Å². The Bertz CT molecular complexity index is 597. The second-order valence-corrected chi connectivity index (χ2v) is 4.36. The van der Waals surface area contributed by atoms with Crippen LogP contribution in [0.25, 0.3) is 0 Å². The van der Waals surface area contributed by atoms with Gasteiger partial charge in [-0.2, -0.15) is 5.26 Å². The molecule has 19 heavy (non-hydrogen) atoms. The van der Waals surface area contributed by atoms with Crippen molar-refractivity contribution in [2.75, 3.05) is 0 Å². The largest absolute Gasteiger partial charge is 0.488 e. The molecule has 3 nitrogen and oxygen atoms in total. The van der Waals surface area contributed by atoms with Crippen LogP contribution >= 0.6 is 0 Å². The monoisotopic (exact) mass is 252 g/mol. The smallest absolute Gasteiger partial charge is 0.127 e. The molecule has 3 heteroatoms. The van der Waals surface area contributed by atoms with Gasteiger partial charge in [0.15, 0.2) is 0 Å². The minimum absolute atomic E-state index is 0.463. The molecule has 0 aromatic heterocycles. The van der Waals surface area contributed by atoms with Crippen LogP contribution in [0.3, 0.4) is 0 Å². The Kier molecular flexibility index (Phi) is 4.17. The summed E-state index contributed by atoms with van der Waals surface area (Å²) in [4.78, 5) is 0. The van der Waals surface area contributed by atoms with E-state index in [4.69, 9.17) is 15.7 Å². The average Bonchev–Trinajstić information content (AvgIpc) is 2.46. The molecule has 0 fully saturated rings. The number of nitrogens with zero attached hydrogens (tertiary/aromatic N) is 1. The zero-order valence-corrected chi connectivity index (χ0v) is 10.9. The third-order valence-electron chi connectivity index (χ3n) is 2.98. The number of hydrogen-bond acceptors (Lipinski definition) is 3. The first-order valence-electron chi connectivity index (χ1n) is 6.15. The van der Waals surface area contributed by atoms with Crippen molar-refractivity contribution in [1.82, 2.24) is 0 Å². The van der Waals surface area contributed by atoms with E-state index in [1.165, 1.54) is 0 Å². The van der Waals surface area contributed by atoms with Gasteiger partial charge in [-0.25, -0.2) is 0 Å². The lowest BCUT2D eigenvalue weighted by molar-refractivity contribution is 0.301. The van der Waals surface area contributed by atoms with Crippen LogP contribution in [0.2, 0.25) is 0 Å². The standard InChI is InChI=1S/C16H16N2O/c1-12-3-2-4-15(10-18)16(12)19-11-14-7-5-13(9-17)6-8-14/h2-8H,10-11,18H2,1H3. The summed E-state index contributed by atoms with van der Waals surface area (Å²) in [6, 6.07) is 15.4. The molecule has 0 saturated carbocycles. The van der Waals surface area contributed by atoms with Gasteiger partial charge in [0.25, 0.3) is 0 Å². The molecule has 0 heterocycles. The quantitative estimate of drug-likeness (QED) is 0.910. The normalized spacial score (nSPS) is 9.95. The van der Waals surface area contributed by atoms with Crippen molar-refractivity contribution in [2.45, 2.75) is 20.1 Å². The van der Waals surface area contributed by atoms with Gasteiger partial charge < -0.3 is 10.5 Å². The molecule has 0 unspecified atom stereocenters. The van der Waals surface area contributed by atoms with E-state index in [0.717, 1.165) is 22.4 Å². The Labute approximate surface area is 113 Å². The zero-order valence-electron chi connectivity index (χ0n) is 10.9. The second kappa shape index (κ2) is 6.03. The van der Waals surface area contributed by atoms with Gasteiger partial charge in [-0.15, -0.1) is 0 Å². The van der Waals surface area contributed by atoms with E-state index < -0.39 is 0 Å². The SMILES string of the molecule is Cc1cccc(CN)c1OCc1ccc(C#N)cc1. The first kappa shape index (κ1) is 13.1. The van der Waals surface area contributed by atoms with Crippen molar-refractivity contribution in [3.63, 3.8) is 0 Å². The van der Waals surface area contributed by atoms with Crippen LogP contribution < -0.4 is 10.5 Å². The number of rotatable bonds is 4. The van der Waals surface area contributed by atoms with Crippen molar-refractivity contribution in [3.05, 3.63) is 64.7 Å². The summed E-state index contributed by atoms with van der Waals surface area (Å²) in [6.45, 7) is 2.95. The average molecular weight is 252 g/mol. The third-order valence-corrected chi connectivity index (χ3v) is 2.98. The molecular formula is C16H16N2O. The van der Waals surface area contributed by atoms with Crippen molar-refractivity contribution in [1.29, 1.82) is 5.26 Å². The van der Waals surface area contributed by atoms with Gasteiger partial charge in [0.1, 0.15) is 12.4 Å². The first-order valence-corrected chi connectivity index (χ1v) is 6.15. The predicted octanol–water partition coefficient (Wildman–Crippen LogP) is 2.90. The van der Waals surface area contributed by atoms with E-state index in [9.17, 15) is 0 Å². The maximum atomic E-state index is 8.75. The van der Waals surface area contributed by atoms with Crippen LogP contribution in [0.5, 0.6) is 5.75 Å². The molecule has 2 N–H and O–H groups in total. The first-order chi connectivity index (χ1) is 9.24. The fraction of sp³-hybridized carbons (Fsp3) is 0.188. The molecule has 2 aromatic carbocycles. The highest BCUT2D eigenvalue weighted by atomic mass is 16.5. The van der Waals surface area contributed by atoms with E-state index in [1.807, 2.05) is 37.3 Å². The summed E-state index contributed by atoms with van der Waals surface area (Å²) in [5.41, 5.74) is 9.49. The summed E-state index contributed by atoms with van der Waals surface area (Å²) in [6.07, 6.45) is 0. The summed E-state index contributed by atoms with van der Waals surface area (Å²) in [7, 11) is 0. The molecule has 0 bridgehead atoms. The van der Waals surface area contributed by atoms with Crippen LogP contribution in [0.4, 0.5) is 0 Å². The molecule has 0 atom stereocenters. The van der Waals surface area contributed by atoms with Crippen LogP contribution in [0, 0.1) is 18.3 Å². The van der Waals surface area contributed by atoms with E-state index >= 15 is 0 Å². The minimum Gasteiger partial charge on any atom is -0.488 e. The van der Waals surface area contributed by atoms with Crippen LogP contribution in [-0.2, 0) is 13.2 Å². The van der Waals surface area contributed by atoms with E-state index in [1.54, 1.807) is 12.1 Å². The van der Waals surface area contributed by atoms with Gasteiger partial charge in [-0.05, 0) is 30.2 Å². The van der Waals surface area contributed by atoms with Gasteiger partial charge >= 0.3 is 0 Å². The molecule has 0 aliphatic carbocycles. The van der Waals surface area contributed by atoms with Crippen molar-refractivity contribution < 1.29 is 4.74 Å². The number of benzene rings is 2. The molecule has 0 amide bonds. The summed E-state index contributed by atoms with van der Waals surface area (Å²) < 4.78 is 5.86. The number of nitriles is 1. The minimum atomic E-state index is 0.463. The van der Waals surface area contributed by atoms with Crippen LogP contribution in [0.1, 0.15) is 22.3 Å². The highest BCUT2D eigenvalue weighted by Gasteiger charge is 2.05. The molecule has 0 radical (unpaired) electrons. The number of para-hydroxylation sites is 1. The molecule has 0 aliphatic heterocycles. The number of aryl methyl sites for hydroxylation is 1. The molecule has 2 rings (SSSR count). The molecule has 96 valence electrons. The summed E-state index contributed by atoms with van der Waals surface area (Å²) in [5.74, 6) is 0.856. The molecular weight excluding hydrogens is 236 g/mol. The predicted molar refractivity (Wildman–Crippen MR) is 74.6 cm³/mol. The lowest BCUT2D eigenvalue weighted by atomic mass is 10.1. The van der Waals surface area contributed by atoms with Crippen LogP contribution in [0.15, 0.2) is 42.5 Å². The van der Waals surface area contributed by atoms with Gasteiger partial charge in [-0.3, -0.25) is 0 Å². The Morgan fingerprint density at radius 3 is 2.53 bits per heavy atom. The van der Waals surface area contributed by atoms with Crippen molar-refractivity contribution in [2.24, 2.45) is 5.73 Å². The highest BCUT2D eigenvalue weighted by Crippen LogP contribution is 2.24. The number of hydrogen-bond donors (Lipinski definition) is 1. The topological polar surface area (TPSA) is 59.0 Å². The lowest BCUT2D eigenvalue weighted by Gasteiger charge is -2.13. The molecule has 0 spiro atoms. The van der Waals surface area contributed by atoms with Gasteiger partial charge in [0, 0.05) is 12.1 Å². The highest BCUT2D eigenvalue weighted by molar-refractivity contribution is 5.41. The number of nitrogens with two attached hydrogens (primary N) is 1. The molecule has 2 aromatic rings. The van der Waals surface area contributed by atoms with E-state index in [-0.39, 0.29) is 0 Å².